The van der Waals surface area contributed by atoms with Gasteiger partial charge in [-0.2, -0.15) is 0 Å². The molecule has 0 aliphatic heterocycles. The van der Waals surface area contributed by atoms with Gasteiger partial charge in [-0.25, -0.2) is 0 Å². The second-order valence-electron chi connectivity index (χ2n) is 4.37. The molecule has 0 fully saturated rings. The molecule has 1 aromatic carbocycles. The number of hydrogen-bond acceptors (Lipinski definition) is 1. The van der Waals surface area contributed by atoms with Gasteiger partial charge >= 0.3 is 0 Å². The van der Waals surface area contributed by atoms with Crippen LogP contribution in [0.3, 0.4) is 0 Å². The van der Waals surface area contributed by atoms with Gasteiger partial charge in [0, 0.05) is 6.54 Å². The van der Waals surface area contributed by atoms with Gasteiger partial charge < -0.3 is 5.32 Å². The topological polar surface area (TPSA) is 12.0 Å². The maximum atomic E-state index is 3.34. The van der Waals surface area contributed by atoms with E-state index in [2.05, 4.69) is 47.5 Å². The first-order valence-corrected chi connectivity index (χ1v) is 6.38. The number of nitrogens with one attached hydrogen (secondary N) is 1. The molecule has 0 amide bonds. The fourth-order valence-corrected chi connectivity index (χ4v) is 1.97. The first-order chi connectivity index (χ1) is 8.45. The summed E-state index contributed by atoms with van der Waals surface area (Å²) in [5.41, 5.74) is 2.64. The van der Waals surface area contributed by atoms with Crippen molar-refractivity contribution in [2.45, 2.75) is 32.2 Å². The zero-order valence-electron chi connectivity index (χ0n) is 10.2. The number of rotatable bonds is 3. The molecule has 0 unspecified atom stereocenters. The van der Waals surface area contributed by atoms with Crippen LogP contribution >= 0.6 is 0 Å². The highest BCUT2D eigenvalue weighted by molar-refractivity contribution is 5.30. The Labute approximate surface area is 104 Å². The molecule has 0 spiro atoms. The highest BCUT2D eigenvalue weighted by atomic mass is 14.8. The van der Waals surface area contributed by atoms with Crippen molar-refractivity contribution in [1.29, 1.82) is 0 Å². The summed E-state index contributed by atoms with van der Waals surface area (Å²) in [6, 6.07) is 10.4. The number of allylic oxidation sites excluding steroid dienone is 2. The third-order valence-corrected chi connectivity index (χ3v) is 2.93. The zero-order chi connectivity index (χ0) is 11.8. The Morgan fingerprint density at radius 2 is 2.00 bits per heavy atom. The quantitative estimate of drug-likeness (QED) is 0.615. The van der Waals surface area contributed by atoms with E-state index in [9.17, 15) is 0 Å². The van der Waals surface area contributed by atoms with Crippen molar-refractivity contribution in [3.63, 3.8) is 0 Å². The van der Waals surface area contributed by atoms with E-state index in [-0.39, 0.29) is 0 Å². The van der Waals surface area contributed by atoms with E-state index in [1.54, 1.807) is 0 Å². The Balaban J connectivity index is 1.69. The third kappa shape index (κ3) is 4.46. The van der Waals surface area contributed by atoms with Gasteiger partial charge in [0.05, 0.1) is 6.54 Å². The molecule has 2 rings (SSSR count). The molecule has 17 heavy (non-hydrogen) atoms. The van der Waals surface area contributed by atoms with Crippen molar-refractivity contribution in [3.05, 3.63) is 47.5 Å². The summed E-state index contributed by atoms with van der Waals surface area (Å²) in [4.78, 5) is 0. The van der Waals surface area contributed by atoms with Crippen LogP contribution in [-0.4, -0.2) is 6.54 Å². The van der Waals surface area contributed by atoms with Gasteiger partial charge in [-0.05, 0) is 36.8 Å². The minimum Gasteiger partial charge on any atom is -0.302 e. The van der Waals surface area contributed by atoms with Crippen LogP contribution in [0.4, 0.5) is 0 Å². The normalized spacial score (nSPS) is 14.7. The van der Waals surface area contributed by atoms with Crippen molar-refractivity contribution >= 4 is 0 Å². The van der Waals surface area contributed by atoms with E-state index < -0.39 is 0 Å². The molecule has 1 aromatic rings. The van der Waals surface area contributed by atoms with Crippen molar-refractivity contribution < 1.29 is 0 Å². The van der Waals surface area contributed by atoms with E-state index in [1.165, 1.54) is 36.8 Å². The third-order valence-electron chi connectivity index (χ3n) is 2.93. The smallest absolute Gasteiger partial charge is 0.0582 e. The molecule has 88 valence electrons. The SMILES string of the molecule is C(#CC1=CCCCC1)CNCc1ccccc1. The molecule has 0 atom stereocenters. The van der Waals surface area contributed by atoms with E-state index in [4.69, 9.17) is 0 Å². The molecule has 0 saturated carbocycles. The van der Waals surface area contributed by atoms with Crippen molar-refractivity contribution in [2.75, 3.05) is 6.54 Å². The first kappa shape index (κ1) is 12.0. The summed E-state index contributed by atoms with van der Waals surface area (Å²) in [5.74, 6) is 6.45. The van der Waals surface area contributed by atoms with E-state index in [0.29, 0.717) is 0 Å². The predicted molar refractivity (Wildman–Crippen MR) is 72.5 cm³/mol. The first-order valence-electron chi connectivity index (χ1n) is 6.38. The molecule has 0 bridgehead atoms. The van der Waals surface area contributed by atoms with Gasteiger partial charge in [-0.3, -0.25) is 0 Å². The summed E-state index contributed by atoms with van der Waals surface area (Å²) >= 11 is 0. The van der Waals surface area contributed by atoms with Gasteiger partial charge in [0.15, 0.2) is 0 Å². The molecular formula is C16H19N. The zero-order valence-corrected chi connectivity index (χ0v) is 10.2. The Hall–Kier alpha value is -1.52. The van der Waals surface area contributed by atoms with Crippen molar-refractivity contribution in [1.82, 2.24) is 5.32 Å². The molecule has 0 heterocycles. The monoisotopic (exact) mass is 225 g/mol. The van der Waals surface area contributed by atoms with Gasteiger partial charge in [0.25, 0.3) is 0 Å². The minimum absolute atomic E-state index is 0.770. The van der Waals surface area contributed by atoms with Crippen LogP contribution in [0.2, 0.25) is 0 Å². The van der Waals surface area contributed by atoms with Crippen molar-refractivity contribution in [3.8, 4) is 11.8 Å². The van der Waals surface area contributed by atoms with Crippen LogP contribution in [0, 0.1) is 11.8 Å². The average molecular weight is 225 g/mol. The average Bonchev–Trinajstić information content (AvgIpc) is 2.41. The van der Waals surface area contributed by atoms with Gasteiger partial charge in [0.1, 0.15) is 0 Å². The number of hydrogen-bond donors (Lipinski definition) is 1. The molecular weight excluding hydrogens is 206 g/mol. The lowest BCUT2D eigenvalue weighted by molar-refractivity contribution is 0.714. The summed E-state index contributed by atoms with van der Waals surface area (Å²) in [6.07, 6.45) is 7.30. The molecule has 1 aliphatic carbocycles. The maximum Gasteiger partial charge on any atom is 0.0582 e. The molecule has 1 heteroatoms. The molecule has 0 radical (unpaired) electrons. The molecule has 1 N–H and O–H groups in total. The fourth-order valence-electron chi connectivity index (χ4n) is 1.97. The molecule has 0 aromatic heterocycles. The summed E-state index contributed by atoms with van der Waals surface area (Å²) in [5, 5.41) is 3.34. The highest BCUT2D eigenvalue weighted by Gasteiger charge is 1.98. The van der Waals surface area contributed by atoms with Gasteiger partial charge in [-0.1, -0.05) is 48.2 Å². The van der Waals surface area contributed by atoms with Crippen LogP contribution in [0.25, 0.3) is 0 Å². The largest absolute Gasteiger partial charge is 0.302 e. The highest BCUT2D eigenvalue weighted by Crippen LogP contribution is 2.15. The summed E-state index contributed by atoms with van der Waals surface area (Å²) < 4.78 is 0. The van der Waals surface area contributed by atoms with Crippen LogP contribution in [-0.2, 0) is 6.54 Å². The predicted octanol–water partition coefficient (Wildman–Crippen LogP) is 3.28. The van der Waals surface area contributed by atoms with Crippen molar-refractivity contribution in [2.24, 2.45) is 0 Å². The second kappa shape index (κ2) is 6.93. The van der Waals surface area contributed by atoms with Crippen LogP contribution in [0.5, 0.6) is 0 Å². The standard InChI is InChI=1S/C16H19N/c1-3-8-15(9-4-1)12-7-13-17-14-16-10-5-2-6-11-16/h2,5-6,8,10-11,17H,1,3-4,9,13-14H2. The summed E-state index contributed by atoms with van der Waals surface area (Å²) in [6.45, 7) is 1.67. The lowest BCUT2D eigenvalue weighted by atomic mass is 10.0. The molecule has 1 aliphatic rings. The minimum atomic E-state index is 0.770. The Kier molecular flexibility index (Phi) is 4.87. The molecule has 0 saturated heterocycles. The Bertz CT molecular complexity index is 420. The Morgan fingerprint density at radius 1 is 1.12 bits per heavy atom. The van der Waals surface area contributed by atoms with E-state index >= 15 is 0 Å². The van der Waals surface area contributed by atoms with Crippen LogP contribution in [0.1, 0.15) is 31.2 Å². The fraction of sp³-hybridized carbons (Fsp3) is 0.375. The van der Waals surface area contributed by atoms with Crippen LogP contribution < -0.4 is 5.32 Å². The van der Waals surface area contributed by atoms with Crippen LogP contribution in [0.15, 0.2) is 42.0 Å². The van der Waals surface area contributed by atoms with Gasteiger partial charge in [0.2, 0.25) is 0 Å². The van der Waals surface area contributed by atoms with E-state index in [0.717, 1.165) is 13.1 Å². The maximum absolute atomic E-state index is 3.34. The Morgan fingerprint density at radius 3 is 2.76 bits per heavy atom. The van der Waals surface area contributed by atoms with E-state index in [1.807, 2.05) is 6.07 Å². The number of benzene rings is 1. The lowest BCUT2D eigenvalue weighted by Crippen LogP contribution is -2.13. The lowest BCUT2D eigenvalue weighted by Gasteiger charge is -2.05. The second-order valence-corrected chi connectivity index (χ2v) is 4.37. The van der Waals surface area contributed by atoms with Gasteiger partial charge in [-0.15, -0.1) is 0 Å². The summed E-state index contributed by atoms with van der Waals surface area (Å²) in [7, 11) is 0. The molecule has 1 nitrogen and oxygen atoms in total.